The number of benzene rings is 1. The summed E-state index contributed by atoms with van der Waals surface area (Å²) in [5.41, 5.74) is -5.59. The van der Waals surface area contributed by atoms with Gasteiger partial charge in [0.1, 0.15) is 16.8 Å². The van der Waals surface area contributed by atoms with Crippen LogP contribution in [0.5, 0.6) is 0 Å². The lowest BCUT2D eigenvalue weighted by Crippen LogP contribution is -2.37. The highest BCUT2D eigenvalue weighted by atomic mass is 19.2. The molecule has 0 aliphatic heterocycles. The maximum Gasteiger partial charge on any atom is 0.344 e. The van der Waals surface area contributed by atoms with Gasteiger partial charge in [-0.2, -0.15) is 0 Å². The Balaban J connectivity index is 3.74. The summed E-state index contributed by atoms with van der Waals surface area (Å²) in [4.78, 5) is 36.8. The van der Waals surface area contributed by atoms with Crippen LogP contribution in [0.4, 0.5) is 17.6 Å². The molecule has 0 saturated carbocycles. The van der Waals surface area contributed by atoms with Crippen LogP contribution >= 0.6 is 0 Å². The van der Waals surface area contributed by atoms with E-state index in [0.29, 0.717) is 0 Å². The van der Waals surface area contributed by atoms with Gasteiger partial charge in [0.05, 0.1) is 12.2 Å². The van der Waals surface area contributed by atoms with Crippen molar-refractivity contribution in [2.45, 2.75) is 65.6 Å². The fourth-order valence-electron chi connectivity index (χ4n) is 2.34. The van der Waals surface area contributed by atoms with Crippen molar-refractivity contribution in [2.24, 2.45) is 0 Å². The van der Waals surface area contributed by atoms with Gasteiger partial charge in [-0.25, -0.2) is 22.4 Å². The monoisotopic (exact) mass is 436 g/mol. The normalized spacial score (nSPS) is 12.0. The van der Waals surface area contributed by atoms with Gasteiger partial charge in [-0.05, 0) is 48.5 Å². The van der Waals surface area contributed by atoms with Gasteiger partial charge in [0.25, 0.3) is 0 Å². The number of halogens is 4. The van der Waals surface area contributed by atoms with Crippen molar-refractivity contribution in [3.05, 3.63) is 34.4 Å². The van der Waals surface area contributed by atoms with Crippen molar-refractivity contribution >= 4 is 17.9 Å². The Morgan fingerprint density at radius 2 is 1.13 bits per heavy atom. The van der Waals surface area contributed by atoms with Crippen LogP contribution in [0.25, 0.3) is 0 Å². The summed E-state index contributed by atoms with van der Waals surface area (Å²) in [6, 6.07) is 0. The van der Waals surface area contributed by atoms with Gasteiger partial charge in [-0.1, -0.05) is 0 Å². The summed E-state index contributed by atoms with van der Waals surface area (Å²) in [6.45, 7) is 9.47. The van der Waals surface area contributed by atoms with E-state index < -0.39 is 69.4 Å². The average Bonchev–Trinajstić information content (AvgIpc) is 2.53. The lowest BCUT2D eigenvalue weighted by Gasteiger charge is -2.27. The molecular weight excluding hydrogens is 412 g/mol. The molecule has 0 saturated heterocycles. The molecule has 1 aromatic carbocycles. The number of hydrogen-bond acceptors (Lipinski definition) is 6. The van der Waals surface area contributed by atoms with E-state index in [1.54, 1.807) is 0 Å². The largest absolute Gasteiger partial charge is 0.462 e. The Morgan fingerprint density at radius 3 is 1.43 bits per heavy atom. The zero-order valence-corrected chi connectivity index (χ0v) is 17.7. The molecule has 6 nitrogen and oxygen atoms in total. The molecule has 0 aliphatic rings. The standard InChI is InChI=1S/C20H24F4O6/c1-8-28-16(25)11-14(23)12(21)9(13(22)15(11)24)10(17(26)29-19(2,3)4)18(27)30-20(5,6)7/h10H,8H2,1-7H3. The molecule has 0 spiro atoms. The third-order valence-electron chi connectivity index (χ3n) is 3.35. The van der Waals surface area contributed by atoms with Gasteiger partial charge in [0.2, 0.25) is 0 Å². The Bertz CT molecular complexity index is 795. The summed E-state index contributed by atoms with van der Waals surface area (Å²) in [6.07, 6.45) is 0. The van der Waals surface area contributed by atoms with E-state index in [1.165, 1.54) is 48.5 Å². The zero-order valence-electron chi connectivity index (χ0n) is 17.7. The molecule has 0 unspecified atom stereocenters. The Morgan fingerprint density at radius 1 is 0.767 bits per heavy atom. The maximum absolute atomic E-state index is 14.7. The molecule has 0 fully saturated rings. The molecule has 10 heteroatoms. The predicted octanol–water partition coefficient (Wildman–Crippen LogP) is 4.19. The van der Waals surface area contributed by atoms with Gasteiger partial charge in [-0.3, -0.25) is 9.59 Å². The van der Waals surface area contributed by atoms with Crippen LogP contribution in [0.15, 0.2) is 0 Å². The Labute approximate surface area is 171 Å². The molecule has 0 amide bonds. The van der Waals surface area contributed by atoms with Crippen molar-refractivity contribution < 1.29 is 46.2 Å². The van der Waals surface area contributed by atoms with Crippen molar-refractivity contribution in [3.63, 3.8) is 0 Å². The number of carbonyl (C=O) groups is 3. The second-order valence-corrected chi connectivity index (χ2v) is 8.27. The number of esters is 3. The summed E-state index contributed by atoms with van der Waals surface area (Å²) >= 11 is 0. The first kappa shape index (κ1) is 25.4. The smallest absolute Gasteiger partial charge is 0.344 e. The predicted molar refractivity (Wildman–Crippen MR) is 96.7 cm³/mol. The van der Waals surface area contributed by atoms with Crippen LogP contribution in [0.2, 0.25) is 0 Å². The van der Waals surface area contributed by atoms with Crippen LogP contribution in [0.1, 0.15) is 70.3 Å². The lowest BCUT2D eigenvalue weighted by molar-refractivity contribution is -0.169. The maximum atomic E-state index is 14.7. The van der Waals surface area contributed by atoms with E-state index in [-0.39, 0.29) is 6.61 Å². The summed E-state index contributed by atoms with van der Waals surface area (Å²) in [7, 11) is 0. The van der Waals surface area contributed by atoms with Crippen molar-refractivity contribution in [1.82, 2.24) is 0 Å². The van der Waals surface area contributed by atoms with Crippen molar-refractivity contribution in [1.29, 1.82) is 0 Å². The zero-order chi connectivity index (χ0) is 23.6. The van der Waals surface area contributed by atoms with Crippen molar-refractivity contribution in [3.8, 4) is 0 Å². The SMILES string of the molecule is CCOC(=O)c1c(F)c(F)c(C(C(=O)OC(C)(C)C)C(=O)OC(C)(C)C)c(F)c1F. The molecule has 0 atom stereocenters. The van der Waals surface area contributed by atoms with Gasteiger partial charge >= 0.3 is 17.9 Å². The van der Waals surface area contributed by atoms with Crippen LogP contribution in [-0.2, 0) is 23.8 Å². The van der Waals surface area contributed by atoms with E-state index in [2.05, 4.69) is 4.74 Å². The van der Waals surface area contributed by atoms with Crippen molar-refractivity contribution in [2.75, 3.05) is 6.61 Å². The van der Waals surface area contributed by atoms with E-state index in [9.17, 15) is 31.9 Å². The first-order valence-corrected chi connectivity index (χ1v) is 9.00. The van der Waals surface area contributed by atoms with E-state index >= 15 is 0 Å². The van der Waals surface area contributed by atoms with Crippen LogP contribution in [-0.4, -0.2) is 35.7 Å². The fraction of sp³-hybridized carbons (Fsp3) is 0.550. The highest BCUT2D eigenvalue weighted by Gasteiger charge is 2.43. The second-order valence-electron chi connectivity index (χ2n) is 8.27. The molecule has 0 aromatic heterocycles. The number of rotatable bonds is 5. The number of hydrogen-bond donors (Lipinski definition) is 0. The quantitative estimate of drug-likeness (QED) is 0.227. The van der Waals surface area contributed by atoms with E-state index in [1.807, 2.05) is 0 Å². The highest BCUT2D eigenvalue weighted by molar-refractivity contribution is 6.01. The van der Waals surface area contributed by atoms with Gasteiger partial charge in [0, 0.05) is 0 Å². The minimum atomic E-state index is -2.48. The molecule has 0 heterocycles. The van der Waals surface area contributed by atoms with E-state index in [0.717, 1.165) is 0 Å². The number of carbonyl (C=O) groups excluding carboxylic acids is 3. The third kappa shape index (κ3) is 5.93. The minimum absolute atomic E-state index is 0.318. The Kier molecular flexibility index (Phi) is 7.63. The van der Waals surface area contributed by atoms with Crippen LogP contribution in [0, 0.1) is 23.3 Å². The second kappa shape index (κ2) is 9.01. The lowest BCUT2D eigenvalue weighted by atomic mass is 9.94. The highest BCUT2D eigenvalue weighted by Crippen LogP contribution is 2.33. The van der Waals surface area contributed by atoms with Gasteiger partial charge in [0.15, 0.2) is 29.2 Å². The Hall–Kier alpha value is -2.65. The van der Waals surface area contributed by atoms with Crippen LogP contribution in [0.3, 0.4) is 0 Å². The molecule has 0 bridgehead atoms. The summed E-state index contributed by atoms with van der Waals surface area (Å²) in [5.74, 6) is -15.6. The molecule has 168 valence electrons. The molecule has 0 radical (unpaired) electrons. The van der Waals surface area contributed by atoms with Crippen LogP contribution < -0.4 is 0 Å². The van der Waals surface area contributed by atoms with E-state index in [4.69, 9.17) is 9.47 Å². The minimum Gasteiger partial charge on any atom is -0.462 e. The molecule has 1 aromatic rings. The first-order valence-electron chi connectivity index (χ1n) is 9.00. The molecule has 0 aliphatic carbocycles. The topological polar surface area (TPSA) is 78.9 Å². The molecule has 1 rings (SSSR count). The van der Waals surface area contributed by atoms with Gasteiger partial charge in [-0.15, -0.1) is 0 Å². The molecule has 30 heavy (non-hydrogen) atoms. The average molecular weight is 436 g/mol. The summed E-state index contributed by atoms with van der Waals surface area (Å²) < 4.78 is 72.7. The number of ether oxygens (including phenoxy) is 3. The van der Waals surface area contributed by atoms with Gasteiger partial charge < -0.3 is 14.2 Å². The fourth-order valence-corrected chi connectivity index (χ4v) is 2.34. The first-order chi connectivity index (χ1) is 13.5. The molecule has 0 N–H and O–H groups in total. The molecular formula is C20H24F4O6. The summed E-state index contributed by atoms with van der Waals surface area (Å²) in [5, 5.41) is 0. The third-order valence-corrected chi connectivity index (χ3v) is 3.35.